The highest BCUT2D eigenvalue weighted by Crippen LogP contribution is 2.27. The van der Waals surface area contributed by atoms with E-state index in [1.54, 1.807) is 14.2 Å². The number of rotatable bonds is 8. The Labute approximate surface area is 132 Å². The van der Waals surface area contributed by atoms with Crippen molar-refractivity contribution in [2.45, 2.75) is 25.7 Å². The third-order valence-electron chi connectivity index (χ3n) is 4.01. The Morgan fingerprint density at radius 2 is 1.86 bits per heavy atom. The number of carbonyl (C=O) groups excluding carboxylic acids is 1. The zero-order valence-corrected chi connectivity index (χ0v) is 13.6. The van der Waals surface area contributed by atoms with Crippen LogP contribution in [0.3, 0.4) is 0 Å². The van der Waals surface area contributed by atoms with Crippen molar-refractivity contribution in [3.05, 3.63) is 23.8 Å². The molecule has 1 aromatic carbocycles. The van der Waals surface area contributed by atoms with Gasteiger partial charge in [0.1, 0.15) is 0 Å². The normalized spacial score (nSPS) is 14.2. The van der Waals surface area contributed by atoms with E-state index in [9.17, 15) is 4.79 Å². The van der Waals surface area contributed by atoms with Crippen molar-refractivity contribution in [2.24, 2.45) is 0 Å². The molecule has 1 aliphatic rings. The topological polar surface area (TPSA) is 50.8 Å². The minimum atomic E-state index is 0.274. The van der Waals surface area contributed by atoms with E-state index in [1.165, 1.54) is 5.56 Å². The second kappa shape index (κ2) is 8.63. The summed E-state index contributed by atoms with van der Waals surface area (Å²) in [4.78, 5) is 13.9. The van der Waals surface area contributed by atoms with Gasteiger partial charge in [-0.15, -0.1) is 0 Å². The third kappa shape index (κ3) is 4.63. The minimum absolute atomic E-state index is 0.274. The Balaban J connectivity index is 1.67. The van der Waals surface area contributed by atoms with Crippen molar-refractivity contribution >= 4 is 5.91 Å². The largest absolute Gasteiger partial charge is 0.493 e. The Kier molecular flexibility index (Phi) is 6.52. The van der Waals surface area contributed by atoms with Crippen LogP contribution < -0.4 is 14.8 Å². The molecule has 0 spiro atoms. The fourth-order valence-electron chi connectivity index (χ4n) is 2.71. The number of methoxy groups -OCH3 is 2. The predicted molar refractivity (Wildman–Crippen MR) is 86.6 cm³/mol. The fourth-order valence-corrected chi connectivity index (χ4v) is 2.71. The van der Waals surface area contributed by atoms with Gasteiger partial charge in [-0.25, -0.2) is 0 Å². The number of amides is 1. The summed E-state index contributed by atoms with van der Waals surface area (Å²) in [7, 11) is 3.28. The van der Waals surface area contributed by atoms with Crippen LogP contribution in [0.1, 0.15) is 24.8 Å². The molecule has 0 radical (unpaired) electrons. The molecule has 1 aliphatic heterocycles. The van der Waals surface area contributed by atoms with Crippen LogP contribution in [0.2, 0.25) is 0 Å². The van der Waals surface area contributed by atoms with E-state index < -0.39 is 0 Å². The van der Waals surface area contributed by atoms with Crippen molar-refractivity contribution in [2.75, 3.05) is 40.4 Å². The summed E-state index contributed by atoms with van der Waals surface area (Å²) in [6, 6.07) is 5.96. The molecule has 0 bridgehead atoms. The quantitative estimate of drug-likeness (QED) is 0.745. The number of nitrogens with one attached hydrogen (secondary N) is 1. The molecule has 1 fully saturated rings. The van der Waals surface area contributed by atoms with Gasteiger partial charge in [-0.05, 0) is 43.5 Å². The number of nitrogens with zero attached hydrogens (tertiary/aromatic N) is 1. The van der Waals surface area contributed by atoms with Gasteiger partial charge in [-0.1, -0.05) is 6.07 Å². The lowest BCUT2D eigenvalue weighted by atomic mass is 10.1. The van der Waals surface area contributed by atoms with Gasteiger partial charge in [0.15, 0.2) is 11.5 Å². The molecule has 1 saturated heterocycles. The smallest absolute Gasteiger partial charge is 0.223 e. The molecular weight excluding hydrogens is 280 g/mol. The Bertz CT molecular complexity index is 485. The first-order valence-corrected chi connectivity index (χ1v) is 7.94. The summed E-state index contributed by atoms with van der Waals surface area (Å²) in [5, 5.41) is 3.33. The lowest BCUT2D eigenvalue weighted by Crippen LogP contribution is -2.31. The maximum Gasteiger partial charge on any atom is 0.223 e. The Hall–Kier alpha value is -1.75. The van der Waals surface area contributed by atoms with Crippen molar-refractivity contribution < 1.29 is 14.3 Å². The number of hydrogen-bond donors (Lipinski definition) is 1. The van der Waals surface area contributed by atoms with E-state index in [4.69, 9.17) is 9.47 Å². The molecule has 1 heterocycles. The molecule has 0 atom stereocenters. The summed E-state index contributed by atoms with van der Waals surface area (Å²) in [5.74, 6) is 1.77. The molecule has 0 unspecified atom stereocenters. The second-order valence-electron chi connectivity index (χ2n) is 5.53. The highest BCUT2D eigenvalue weighted by atomic mass is 16.5. The highest BCUT2D eigenvalue weighted by molar-refractivity contribution is 5.76. The summed E-state index contributed by atoms with van der Waals surface area (Å²) >= 11 is 0. The Morgan fingerprint density at radius 3 is 2.55 bits per heavy atom. The average Bonchev–Trinajstić information content (AvgIpc) is 3.08. The predicted octanol–water partition coefficient (Wildman–Crippen LogP) is 1.85. The van der Waals surface area contributed by atoms with Crippen LogP contribution in [-0.2, 0) is 11.2 Å². The molecule has 1 amide bonds. The molecule has 1 aromatic rings. The summed E-state index contributed by atoms with van der Waals surface area (Å²) in [6.45, 7) is 3.46. The van der Waals surface area contributed by atoms with E-state index in [-0.39, 0.29) is 5.91 Å². The van der Waals surface area contributed by atoms with Gasteiger partial charge in [0.2, 0.25) is 5.91 Å². The molecule has 122 valence electrons. The maximum atomic E-state index is 11.9. The molecule has 5 heteroatoms. The van der Waals surface area contributed by atoms with Crippen LogP contribution >= 0.6 is 0 Å². The molecule has 0 aliphatic carbocycles. The number of hydrogen-bond acceptors (Lipinski definition) is 4. The van der Waals surface area contributed by atoms with Crippen LogP contribution in [0.5, 0.6) is 11.5 Å². The lowest BCUT2D eigenvalue weighted by molar-refractivity contribution is -0.130. The van der Waals surface area contributed by atoms with E-state index in [0.29, 0.717) is 6.42 Å². The molecule has 0 aromatic heterocycles. The van der Waals surface area contributed by atoms with Crippen molar-refractivity contribution in [1.29, 1.82) is 0 Å². The first kappa shape index (κ1) is 16.6. The monoisotopic (exact) mass is 306 g/mol. The van der Waals surface area contributed by atoms with Crippen molar-refractivity contribution in [3.8, 4) is 11.5 Å². The van der Waals surface area contributed by atoms with Crippen LogP contribution in [0.15, 0.2) is 18.2 Å². The van der Waals surface area contributed by atoms with Crippen LogP contribution in [0, 0.1) is 0 Å². The lowest BCUT2D eigenvalue weighted by Gasteiger charge is -2.15. The van der Waals surface area contributed by atoms with Crippen LogP contribution in [-0.4, -0.2) is 51.2 Å². The van der Waals surface area contributed by atoms with Gasteiger partial charge in [-0.3, -0.25) is 4.79 Å². The van der Waals surface area contributed by atoms with Gasteiger partial charge in [-0.2, -0.15) is 0 Å². The van der Waals surface area contributed by atoms with Gasteiger partial charge in [0, 0.05) is 26.1 Å². The minimum Gasteiger partial charge on any atom is -0.493 e. The third-order valence-corrected chi connectivity index (χ3v) is 4.01. The molecule has 5 nitrogen and oxygen atoms in total. The maximum absolute atomic E-state index is 11.9. The van der Waals surface area contributed by atoms with Gasteiger partial charge in [0.05, 0.1) is 14.2 Å². The van der Waals surface area contributed by atoms with Crippen LogP contribution in [0.4, 0.5) is 0 Å². The van der Waals surface area contributed by atoms with Crippen molar-refractivity contribution in [3.63, 3.8) is 0 Å². The van der Waals surface area contributed by atoms with Gasteiger partial charge in [0.25, 0.3) is 0 Å². The van der Waals surface area contributed by atoms with E-state index in [0.717, 1.165) is 56.9 Å². The zero-order chi connectivity index (χ0) is 15.8. The summed E-state index contributed by atoms with van der Waals surface area (Å²) < 4.78 is 10.5. The van der Waals surface area contributed by atoms with Crippen molar-refractivity contribution in [1.82, 2.24) is 10.2 Å². The number of likely N-dealkylation sites (tertiary alicyclic amines) is 1. The first-order valence-electron chi connectivity index (χ1n) is 7.94. The molecule has 0 saturated carbocycles. The number of carbonyl (C=O) groups is 1. The summed E-state index contributed by atoms with van der Waals surface area (Å²) in [5.41, 5.74) is 1.19. The molecule has 22 heavy (non-hydrogen) atoms. The number of ether oxygens (including phenoxy) is 2. The molecule has 1 N–H and O–H groups in total. The van der Waals surface area contributed by atoms with E-state index >= 15 is 0 Å². The van der Waals surface area contributed by atoms with E-state index in [1.807, 2.05) is 23.1 Å². The molecular formula is C17H26N2O3. The van der Waals surface area contributed by atoms with Crippen LogP contribution in [0.25, 0.3) is 0 Å². The summed E-state index contributed by atoms with van der Waals surface area (Å²) in [6.07, 6.45) is 3.79. The van der Waals surface area contributed by atoms with Gasteiger partial charge < -0.3 is 19.7 Å². The second-order valence-corrected chi connectivity index (χ2v) is 5.53. The zero-order valence-electron chi connectivity index (χ0n) is 13.6. The standard InChI is InChI=1S/C17H26N2O3/c1-21-15-6-5-14(13-16(15)22-2)7-9-18-10-8-17(20)19-11-3-4-12-19/h5-6,13,18H,3-4,7-12H2,1-2H3. The van der Waals surface area contributed by atoms with E-state index in [2.05, 4.69) is 5.32 Å². The first-order chi connectivity index (χ1) is 10.7. The number of benzene rings is 1. The average molecular weight is 306 g/mol. The Morgan fingerprint density at radius 1 is 1.14 bits per heavy atom. The SMILES string of the molecule is COc1ccc(CCNCCC(=O)N2CCCC2)cc1OC. The molecule has 2 rings (SSSR count). The highest BCUT2D eigenvalue weighted by Gasteiger charge is 2.16. The van der Waals surface area contributed by atoms with Gasteiger partial charge >= 0.3 is 0 Å². The fraction of sp³-hybridized carbons (Fsp3) is 0.588.